The van der Waals surface area contributed by atoms with Crippen molar-refractivity contribution in [3.63, 3.8) is 0 Å². The first kappa shape index (κ1) is 22.9. The molecule has 0 spiro atoms. The maximum absolute atomic E-state index is 13.5. The van der Waals surface area contributed by atoms with E-state index in [-0.39, 0.29) is 23.8 Å². The van der Waals surface area contributed by atoms with E-state index in [2.05, 4.69) is 10.00 Å². The van der Waals surface area contributed by atoms with E-state index in [0.29, 0.717) is 37.6 Å². The van der Waals surface area contributed by atoms with Gasteiger partial charge in [-0.3, -0.25) is 9.59 Å². The van der Waals surface area contributed by atoms with Gasteiger partial charge in [-0.15, -0.1) is 11.3 Å². The molecule has 7 nitrogen and oxygen atoms in total. The molecule has 1 aliphatic rings. The Bertz CT molecular complexity index is 1360. The van der Waals surface area contributed by atoms with Crippen LogP contribution in [0.4, 0.5) is 5.69 Å². The number of amides is 1. The first-order valence-corrected chi connectivity index (χ1v) is 12.4. The zero-order valence-electron chi connectivity index (χ0n) is 19.5. The van der Waals surface area contributed by atoms with Gasteiger partial charge in [0.1, 0.15) is 12.3 Å². The smallest absolute Gasteiger partial charge is 0.316 e. The van der Waals surface area contributed by atoms with Crippen LogP contribution in [0.2, 0.25) is 0 Å². The number of ether oxygens (including phenoxy) is 1. The van der Waals surface area contributed by atoms with Crippen molar-refractivity contribution >= 4 is 22.9 Å². The van der Waals surface area contributed by atoms with Crippen molar-refractivity contribution in [1.82, 2.24) is 14.7 Å². The number of carbonyl (C=O) groups is 1. The van der Waals surface area contributed by atoms with E-state index >= 15 is 0 Å². The van der Waals surface area contributed by atoms with E-state index in [1.807, 2.05) is 83.9 Å². The molecule has 0 unspecified atom stereocenters. The fourth-order valence-electron chi connectivity index (χ4n) is 4.16. The zero-order valence-corrected chi connectivity index (χ0v) is 20.3. The molecule has 1 aliphatic heterocycles. The number of rotatable bonds is 6. The molecule has 8 heteroatoms. The van der Waals surface area contributed by atoms with Crippen LogP contribution < -0.4 is 15.2 Å². The van der Waals surface area contributed by atoms with E-state index in [1.165, 1.54) is 16.0 Å². The molecule has 0 aliphatic carbocycles. The van der Waals surface area contributed by atoms with E-state index in [9.17, 15) is 9.59 Å². The van der Waals surface area contributed by atoms with Gasteiger partial charge in [-0.1, -0.05) is 48.5 Å². The summed E-state index contributed by atoms with van der Waals surface area (Å²) >= 11 is 1.48. The summed E-state index contributed by atoms with van der Waals surface area (Å²) in [6, 6.07) is 21.0. The number of hydrogen-bond acceptors (Lipinski definition) is 6. The summed E-state index contributed by atoms with van der Waals surface area (Å²) in [7, 11) is 0. The molecule has 0 saturated carbocycles. The minimum Gasteiger partial charge on any atom is -0.481 e. The van der Waals surface area contributed by atoms with Gasteiger partial charge in [0.2, 0.25) is 5.75 Å². The third-order valence-electron chi connectivity index (χ3n) is 6.11. The topological polar surface area (TPSA) is 67.7 Å². The Morgan fingerprint density at radius 1 is 0.971 bits per heavy atom. The van der Waals surface area contributed by atoms with E-state index in [1.54, 1.807) is 6.20 Å². The lowest BCUT2D eigenvalue weighted by atomic mass is 10.2. The lowest BCUT2D eigenvalue weighted by molar-refractivity contribution is 0.0751. The number of anilines is 1. The maximum atomic E-state index is 13.5. The van der Waals surface area contributed by atoms with Gasteiger partial charge in [0.05, 0.1) is 16.8 Å². The Balaban J connectivity index is 1.41. The van der Waals surface area contributed by atoms with Crippen molar-refractivity contribution < 1.29 is 9.53 Å². The summed E-state index contributed by atoms with van der Waals surface area (Å²) in [5.74, 6) is 0.330. The molecule has 178 valence electrons. The van der Waals surface area contributed by atoms with Gasteiger partial charge >= 0.3 is 5.56 Å². The third-order valence-corrected chi connectivity index (χ3v) is 7.11. The fourth-order valence-corrected chi connectivity index (χ4v) is 5.05. The van der Waals surface area contributed by atoms with Crippen LogP contribution in [0.5, 0.6) is 5.75 Å². The monoisotopic (exact) mass is 486 g/mol. The second-order valence-corrected chi connectivity index (χ2v) is 9.31. The highest BCUT2D eigenvalue weighted by atomic mass is 32.1. The molecule has 0 radical (unpaired) electrons. The summed E-state index contributed by atoms with van der Waals surface area (Å²) in [6.45, 7) is 4.55. The highest BCUT2D eigenvalue weighted by Gasteiger charge is 2.27. The number of nitrogens with zero attached hydrogens (tertiary/aromatic N) is 4. The van der Waals surface area contributed by atoms with E-state index in [4.69, 9.17) is 4.74 Å². The number of hydrogen-bond donors (Lipinski definition) is 0. The van der Waals surface area contributed by atoms with Crippen LogP contribution in [-0.4, -0.2) is 46.8 Å². The van der Waals surface area contributed by atoms with Crippen molar-refractivity contribution in [3.8, 4) is 11.4 Å². The molecule has 2 aromatic heterocycles. The summed E-state index contributed by atoms with van der Waals surface area (Å²) in [6.07, 6.45) is 1.69. The first-order chi connectivity index (χ1) is 17.1. The molecular formula is C27H26N4O3S. The summed E-state index contributed by atoms with van der Waals surface area (Å²) in [5.41, 5.74) is 3.00. The summed E-state index contributed by atoms with van der Waals surface area (Å²) in [4.78, 5) is 31.2. The van der Waals surface area contributed by atoms with E-state index < -0.39 is 0 Å². The van der Waals surface area contributed by atoms with Crippen LogP contribution in [0.3, 0.4) is 0 Å². The molecule has 1 fully saturated rings. The normalized spacial score (nSPS) is 13.6. The van der Waals surface area contributed by atoms with Crippen LogP contribution in [0.1, 0.15) is 20.8 Å². The van der Waals surface area contributed by atoms with Crippen LogP contribution in [0, 0.1) is 6.92 Å². The van der Waals surface area contributed by atoms with Crippen LogP contribution >= 0.6 is 11.3 Å². The minimum absolute atomic E-state index is 0.0651. The largest absolute Gasteiger partial charge is 0.481 e. The Hall–Kier alpha value is -3.91. The molecule has 5 rings (SSSR count). The number of benzene rings is 2. The third kappa shape index (κ3) is 4.83. The lowest BCUT2D eigenvalue weighted by Crippen LogP contribution is -2.49. The van der Waals surface area contributed by atoms with Crippen LogP contribution in [0.25, 0.3) is 5.69 Å². The predicted molar refractivity (Wildman–Crippen MR) is 138 cm³/mol. The van der Waals surface area contributed by atoms with Crippen LogP contribution in [0.15, 0.2) is 83.1 Å². The number of thiophene rings is 1. The summed E-state index contributed by atoms with van der Waals surface area (Å²) < 4.78 is 7.49. The van der Waals surface area contributed by atoms with Gasteiger partial charge in [0.15, 0.2) is 0 Å². The zero-order chi connectivity index (χ0) is 24.2. The molecule has 0 atom stereocenters. The maximum Gasteiger partial charge on any atom is 0.316 e. The minimum atomic E-state index is -0.308. The quantitative estimate of drug-likeness (QED) is 0.410. The number of para-hydroxylation sites is 1. The molecule has 3 heterocycles. The van der Waals surface area contributed by atoms with Crippen molar-refractivity contribution in [2.24, 2.45) is 0 Å². The molecule has 4 aromatic rings. The predicted octanol–water partition coefficient (Wildman–Crippen LogP) is 4.14. The Labute approximate surface area is 207 Å². The average Bonchev–Trinajstić information content (AvgIpc) is 3.34. The van der Waals surface area contributed by atoms with Gasteiger partial charge in [0, 0.05) is 26.2 Å². The van der Waals surface area contributed by atoms with Crippen molar-refractivity contribution in [3.05, 3.63) is 105 Å². The molecule has 1 saturated heterocycles. The van der Waals surface area contributed by atoms with Gasteiger partial charge in [-0.25, -0.2) is 0 Å². The standard InChI is InChI=1S/C27H26N4O3S/c1-20-12-17-35-25(20)27(33)30-15-13-29(14-16-30)23-18-28-31(22-10-6-3-7-11-22)26(32)24(23)34-19-21-8-4-2-5-9-21/h2-12,17-18H,13-16,19H2,1H3. The van der Waals surface area contributed by atoms with Gasteiger partial charge in [-0.2, -0.15) is 9.78 Å². The highest BCUT2D eigenvalue weighted by Crippen LogP contribution is 2.27. The number of aromatic nitrogens is 2. The Morgan fingerprint density at radius 2 is 1.66 bits per heavy atom. The second kappa shape index (κ2) is 10.1. The Morgan fingerprint density at radius 3 is 2.31 bits per heavy atom. The summed E-state index contributed by atoms with van der Waals surface area (Å²) in [5, 5.41) is 6.40. The first-order valence-electron chi connectivity index (χ1n) is 11.5. The molecule has 1 amide bonds. The second-order valence-electron chi connectivity index (χ2n) is 8.40. The van der Waals surface area contributed by atoms with Crippen molar-refractivity contribution in [1.29, 1.82) is 0 Å². The number of piperazine rings is 1. The van der Waals surface area contributed by atoms with Gasteiger partial charge in [0.25, 0.3) is 5.91 Å². The van der Waals surface area contributed by atoms with Gasteiger partial charge < -0.3 is 14.5 Å². The van der Waals surface area contributed by atoms with Crippen molar-refractivity contribution in [2.75, 3.05) is 31.1 Å². The molecule has 2 aromatic carbocycles. The number of aryl methyl sites for hydroxylation is 1. The Kier molecular flexibility index (Phi) is 6.63. The molecule has 0 bridgehead atoms. The lowest BCUT2D eigenvalue weighted by Gasteiger charge is -2.36. The number of carbonyl (C=O) groups excluding carboxylic acids is 1. The molecule has 0 N–H and O–H groups in total. The highest BCUT2D eigenvalue weighted by molar-refractivity contribution is 7.12. The van der Waals surface area contributed by atoms with Crippen molar-refractivity contribution in [2.45, 2.75) is 13.5 Å². The molecule has 35 heavy (non-hydrogen) atoms. The van der Waals surface area contributed by atoms with Crippen LogP contribution in [-0.2, 0) is 6.61 Å². The van der Waals surface area contributed by atoms with Gasteiger partial charge in [-0.05, 0) is 41.6 Å². The van der Waals surface area contributed by atoms with E-state index in [0.717, 1.165) is 16.0 Å². The average molecular weight is 487 g/mol. The molecular weight excluding hydrogens is 460 g/mol. The SMILES string of the molecule is Cc1ccsc1C(=O)N1CCN(c2cnn(-c3ccccc3)c(=O)c2OCc2ccccc2)CC1. The fraction of sp³-hybridized carbons (Fsp3) is 0.222.